The molecule has 0 radical (unpaired) electrons. The summed E-state index contributed by atoms with van der Waals surface area (Å²) in [5, 5.41) is 2.98. The van der Waals surface area contributed by atoms with Crippen LogP contribution in [0, 0.1) is 11.7 Å². The molecule has 2 unspecified atom stereocenters. The van der Waals surface area contributed by atoms with Crippen molar-refractivity contribution >= 4 is 41.8 Å². The molecular weight excluding hydrogens is 378 g/mol. The maximum Gasteiger partial charge on any atom is 0.224 e. The van der Waals surface area contributed by atoms with Crippen LogP contribution in [0.1, 0.15) is 38.4 Å². The van der Waals surface area contributed by atoms with E-state index in [1.807, 2.05) is 24.6 Å². The van der Waals surface area contributed by atoms with Crippen molar-refractivity contribution in [2.75, 3.05) is 6.54 Å². The van der Waals surface area contributed by atoms with E-state index in [9.17, 15) is 9.18 Å². The Kier molecular flexibility index (Phi) is 7.86. The Balaban J connectivity index is 0.00000169. The molecule has 2 aromatic rings. The first kappa shape index (κ1) is 22.7. The van der Waals surface area contributed by atoms with Crippen molar-refractivity contribution in [3.05, 3.63) is 29.8 Å². The van der Waals surface area contributed by atoms with Crippen LogP contribution in [0.3, 0.4) is 0 Å². The summed E-state index contributed by atoms with van der Waals surface area (Å²) in [7, 11) is 1.87. The lowest BCUT2D eigenvalue weighted by Gasteiger charge is -2.37. The molecule has 146 valence electrons. The number of carbonyl (C=O) groups excluding carboxylic acids is 1. The Bertz CT molecular complexity index is 763. The van der Waals surface area contributed by atoms with Crippen molar-refractivity contribution in [2.45, 2.75) is 44.6 Å². The number of aryl methyl sites for hydroxylation is 1. The summed E-state index contributed by atoms with van der Waals surface area (Å²) in [6.07, 6.45) is 4.42. The molecule has 5 nitrogen and oxygen atoms in total. The van der Waals surface area contributed by atoms with Crippen LogP contribution >= 0.6 is 24.8 Å². The third-order valence-corrected chi connectivity index (χ3v) is 5.17. The summed E-state index contributed by atoms with van der Waals surface area (Å²) in [5.41, 5.74) is 6.99. The Morgan fingerprint density at radius 1 is 1.42 bits per heavy atom. The van der Waals surface area contributed by atoms with Crippen LogP contribution in [0.25, 0.3) is 11.0 Å². The second-order valence-electron chi connectivity index (χ2n) is 7.04. The normalized spacial score (nSPS) is 22.4. The Morgan fingerprint density at radius 3 is 2.81 bits per heavy atom. The summed E-state index contributed by atoms with van der Waals surface area (Å²) in [4.78, 5) is 16.8. The van der Waals surface area contributed by atoms with E-state index in [4.69, 9.17) is 5.73 Å². The van der Waals surface area contributed by atoms with Gasteiger partial charge < -0.3 is 15.6 Å². The quantitative estimate of drug-likeness (QED) is 0.821. The van der Waals surface area contributed by atoms with Gasteiger partial charge in [0, 0.05) is 25.6 Å². The third kappa shape index (κ3) is 4.48. The molecule has 3 N–H and O–H groups in total. The predicted octanol–water partition coefficient (Wildman–Crippen LogP) is 3.12. The number of nitrogens with one attached hydrogen (secondary N) is 1. The Labute approximate surface area is 165 Å². The minimum Gasteiger partial charge on any atom is -0.355 e. The molecule has 1 aliphatic rings. The molecule has 3 rings (SSSR count). The lowest BCUT2D eigenvalue weighted by molar-refractivity contribution is -0.128. The summed E-state index contributed by atoms with van der Waals surface area (Å²) in [6.45, 7) is 2.44. The van der Waals surface area contributed by atoms with Gasteiger partial charge in [-0.3, -0.25) is 4.79 Å². The molecule has 1 aromatic heterocycles. The number of nitrogens with zero attached hydrogens (tertiary/aromatic N) is 2. The van der Waals surface area contributed by atoms with E-state index in [0.717, 1.165) is 37.0 Å². The highest BCUT2D eigenvalue weighted by Crippen LogP contribution is 2.31. The van der Waals surface area contributed by atoms with Crippen LogP contribution in [0.15, 0.2) is 18.2 Å². The number of halogens is 3. The van der Waals surface area contributed by atoms with Gasteiger partial charge in [0.05, 0.1) is 11.4 Å². The van der Waals surface area contributed by atoms with E-state index in [1.54, 1.807) is 6.07 Å². The molecule has 1 aromatic carbocycles. The molecule has 1 saturated carbocycles. The first-order valence-electron chi connectivity index (χ1n) is 8.56. The van der Waals surface area contributed by atoms with Gasteiger partial charge in [0.15, 0.2) is 5.82 Å². The van der Waals surface area contributed by atoms with Gasteiger partial charge in [0.25, 0.3) is 0 Å². The second kappa shape index (κ2) is 9.02. The minimum atomic E-state index is -0.427. The molecule has 1 heterocycles. The number of rotatable bonds is 4. The zero-order chi connectivity index (χ0) is 17.3. The third-order valence-electron chi connectivity index (χ3n) is 5.17. The zero-order valence-corrected chi connectivity index (χ0v) is 16.8. The number of carbonyl (C=O) groups is 1. The number of benzene rings is 1. The number of hydrogen-bond donors (Lipinski definition) is 2. The van der Waals surface area contributed by atoms with Gasteiger partial charge in [-0.25, -0.2) is 9.37 Å². The molecular formula is C18H27Cl2FN4O. The van der Waals surface area contributed by atoms with Gasteiger partial charge in [-0.1, -0.05) is 18.9 Å². The van der Waals surface area contributed by atoms with Crippen LogP contribution < -0.4 is 11.1 Å². The highest BCUT2D eigenvalue weighted by Gasteiger charge is 2.37. The fourth-order valence-electron chi connectivity index (χ4n) is 3.66. The van der Waals surface area contributed by atoms with Crippen LogP contribution in [0.5, 0.6) is 0 Å². The average molecular weight is 405 g/mol. The molecule has 1 aliphatic carbocycles. The predicted molar refractivity (Wildman–Crippen MR) is 106 cm³/mol. The molecule has 1 amide bonds. The SMILES string of the molecule is Cl.Cl.Cn1c(CCNC(=O)C2CCCCC2(C)N)nc2c(F)cccc21. The van der Waals surface area contributed by atoms with E-state index < -0.39 is 5.54 Å². The fourth-order valence-corrected chi connectivity index (χ4v) is 3.66. The van der Waals surface area contributed by atoms with E-state index in [1.165, 1.54) is 6.07 Å². The standard InChI is InChI=1S/C18H25FN4O.2ClH/c1-18(20)10-4-3-6-12(18)17(24)21-11-9-15-22-16-13(19)7-5-8-14(16)23(15)2;;/h5,7-8,12H,3-4,6,9-11,20H2,1-2H3,(H,21,24);2*1H. The molecule has 1 fully saturated rings. The summed E-state index contributed by atoms with van der Waals surface area (Å²) < 4.78 is 15.7. The first-order chi connectivity index (χ1) is 11.4. The van der Waals surface area contributed by atoms with Gasteiger partial charge in [-0.15, -0.1) is 24.8 Å². The van der Waals surface area contributed by atoms with Gasteiger partial charge in [-0.2, -0.15) is 0 Å². The van der Waals surface area contributed by atoms with Gasteiger partial charge >= 0.3 is 0 Å². The van der Waals surface area contributed by atoms with Crippen molar-refractivity contribution < 1.29 is 9.18 Å². The van der Waals surface area contributed by atoms with Gasteiger partial charge in [-0.05, 0) is 31.9 Å². The maximum absolute atomic E-state index is 13.8. The molecule has 0 spiro atoms. The zero-order valence-electron chi connectivity index (χ0n) is 15.1. The van der Waals surface area contributed by atoms with Crippen molar-refractivity contribution in [1.29, 1.82) is 0 Å². The lowest BCUT2D eigenvalue weighted by Crippen LogP contribution is -2.53. The number of imidazole rings is 1. The summed E-state index contributed by atoms with van der Waals surface area (Å²) in [5.74, 6) is 0.322. The van der Waals surface area contributed by atoms with E-state index in [-0.39, 0.29) is 42.5 Å². The fraction of sp³-hybridized carbons (Fsp3) is 0.556. The second-order valence-corrected chi connectivity index (χ2v) is 7.04. The number of para-hydroxylation sites is 1. The minimum absolute atomic E-state index is 0. The molecule has 0 aliphatic heterocycles. The number of nitrogens with two attached hydrogens (primary N) is 1. The lowest BCUT2D eigenvalue weighted by atomic mass is 9.74. The van der Waals surface area contributed by atoms with E-state index in [0.29, 0.717) is 18.5 Å². The Morgan fingerprint density at radius 2 is 2.15 bits per heavy atom. The largest absolute Gasteiger partial charge is 0.355 e. The molecule has 26 heavy (non-hydrogen) atoms. The van der Waals surface area contributed by atoms with Gasteiger partial charge in [0.2, 0.25) is 5.91 Å². The summed E-state index contributed by atoms with van der Waals surface area (Å²) in [6, 6.07) is 4.93. The monoisotopic (exact) mass is 404 g/mol. The van der Waals surface area contributed by atoms with Crippen LogP contribution in [0.4, 0.5) is 4.39 Å². The molecule has 0 saturated heterocycles. The van der Waals surface area contributed by atoms with E-state index in [2.05, 4.69) is 10.3 Å². The average Bonchev–Trinajstić information content (AvgIpc) is 2.85. The first-order valence-corrected chi connectivity index (χ1v) is 8.56. The number of amides is 1. The van der Waals surface area contributed by atoms with E-state index >= 15 is 0 Å². The van der Waals surface area contributed by atoms with Gasteiger partial charge in [0.1, 0.15) is 11.3 Å². The molecule has 2 atom stereocenters. The highest BCUT2D eigenvalue weighted by molar-refractivity contribution is 5.85. The number of fused-ring (bicyclic) bond motifs is 1. The van der Waals surface area contributed by atoms with Crippen LogP contribution in [0.2, 0.25) is 0 Å². The molecule has 8 heteroatoms. The van der Waals surface area contributed by atoms with Crippen LogP contribution in [-0.2, 0) is 18.3 Å². The summed E-state index contributed by atoms with van der Waals surface area (Å²) >= 11 is 0. The van der Waals surface area contributed by atoms with Crippen LogP contribution in [-0.4, -0.2) is 27.5 Å². The Hall–Kier alpha value is -1.37. The molecule has 0 bridgehead atoms. The van der Waals surface area contributed by atoms with Crippen molar-refractivity contribution in [3.63, 3.8) is 0 Å². The topological polar surface area (TPSA) is 72.9 Å². The number of hydrogen-bond acceptors (Lipinski definition) is 3. The van der Waals surface area contributed by atoms with Crippen molar-refractivity contribution in [3.8, 4) is 0 Å². The maximum atomic E-state index is 13.8. The van der Waals surface area contributed by atoms with Crippen molar-refractivity contribution in [1.82, 2.24) is 14.9 Å². The number of aromatic nitrogens is 2. The highest BCUT2D eigenvalue weighted by atomic mass is 35.5. The van der Waals surface area contributed by atoms with Crippen molar-refractivity contribution in [2.24, 2.45) is 18.7 Å². The smallest absolute Gasteiger partial charge is 0.224 e.